The van der Waals surface area contributed by atoms with Crippen LogP contribution in [0.2, 0.25) is 5.02 Å². The average Bonchev–Trinajstić information content (AvgIpc) is 2.65. The minimum Gasteiger partial charge on any atom is -0.399 e. The predicted molar refractivity (Wildman–Crippen MR) is 104 cm³/mol. The highest BCUT2D eigenvalue weighted by Crippen LogP contribution is 2.25. The Labute approximate surface area is 158 Å². The Hall–Kier alpha value is -2.53. The average molecular weight is 372 g/mol. The van der Waals surface area contributed by atoms with Gasteiger partial charge in [-0.3, -0.25) is 9.59 Å². The molecule has 5 nitrogen and oxygen atoms in total. The van der Waals surface area contributed by atoms with Gasteiger partial charge in [0.1, 0.15) is 0 Å². The summed E-state index contributed by atoms with van der Waals surface area (Å²) >= 11 is 6.04. The zero-order chi connectivity index (χ0) is 18.5. The van der Waals surface area contributed by atoms with E-state index in [1.54, 1.807) is 17.0 Å². The topological polar surface area (TPSA) is 75.4 Å². The monoisotopic (exact) mass is 371 g/mol. The Kier molecular flexibility index (Phi) is 5.78. The number of amides is 2. The van der Waals surface area contributed by atoms with E-state index in [-0.39, 0.29) is 0 Å². The number of nitrogen functional groups attached to an aromatic ring is 1. The molecule has 0 aliphatic carbocycles. The number of likely N-dealkylation sites (tertiary alicyclic amines) is 1. The zero-order valence-corrected chi connectivity index (χ0v) is 15.2. The van der Waals surface area contributed by atoms with E-state index in [9.17, 15) is 9.59 Å². The molecule has 0 unspecified atom stereocenters. The van der Waals surface area contributed by atoms with Gasteiger partial charge >= 0.3 is 11.8 Å². The summed E-state index contributed by atoms with van der Waals surface area (Å²) in [6.45, 7) is 1.19. The number of nitrogens with two attached hydrogens (primary N) is 1. The molecule has 0 radical (unpaired) electrons. The number of benzene rings is 2. The van der Waals surface area contributed by atoms with E-state index in [0.717, 1.165) is 19.3 Å². The number of piperidine rings is 1. The molecule has 1 aliphatic heterocycles. The second kappa shape index (κ2) is 8.23. The fourth-order valence-corrected chi connectivity index (χ4v) is 3.48. The maximum Gasteiger partial charge on any atom is 0.313 e. The Morgan fingerprint density at radius 3 is 2.46 bits per heavy atom. The van der Waals surface area contributed by atoms with Crippen molar-refractivity contribution < 1.29 is 9.59 Å². The standard InChI is InChI=1S/C20H22ClN3O2/c21-17-13-16(22)6-7-18(17)23-19(25)20(26)24-10-8-15(9-11-24)12-14-4-2-1-3-5-14/h1-7,13,15H,8-12,22H2,(H,23,25). The maximum atomic E-state index is 12.4. The number of anilines is 2. The Morgan fingerprint density at radius 1 is 1.12 bits per heavy atom. The fraction of sp³-hybridized carbons (Fsp3) is 0.300. The summed E-state index contributed by atoms with van der Waals surface area (Å²) in [5.41, 5.74) is 7.83. The molecule has 1 saturated heterocycles. The highest BCUT2D eigenvalue weighted by molar-refractivity contribution is 6.41. The van der Waals surface area contributed by atoms with E-state index in [2.05, 4.69) is 17.4 Å². The number of carbonyl (C=O) groups excluding carboxylic acids is 2. The van der Waals surface area contributed by atoms with E-state index in [4.69, 9.17) is 17.3 Å². The van der Waals surface area contributed by atoms with Gasteiger partial charge in [-0.1, -0.05) is 41.9 Å². The van der Waals surface area contributed by atoms with Crippen LogP contribution in [0.15, 0.2) is 48.5 Å². The zero-order valence-electron chi connectivity index (χ0n) is 14.5. The van der Waals surface area contributed by atoms with Crippen LogP contribution in [0.3, 0.4) is 0 Å². The van der Waals surface area contributed by atoms with Crippen molar-refractivity contribution in [2.45, 2.75) is 19.3 Å². The fourth-order valence-electron chi connectivity index (χ4n) is 3.24. The molecule has 0 saturated carbocycles. The van der Waals surface area contributed by atoms with Crippen molar-refractivity contribution in [1.29, 1.82) is 0 Å². The van der Waals surface area contributed by atoms with Crippen molar-refractivity contribution in [3.8, 4) is 0 Å². The molecule has 1 aliphatic rings. The summed E-state index contributed by atoms with van der Waals surface area (Å²) in [6.07, 6.45) is 2.81. The van der Waals surface area contributed by atoms with Gasteiger partial charge in [0.15, 0.2) is 0 Å². The number of hydrogen-bond donors (Lipinski definition) is 2. The molecular formula is C20H22ClN3O2. The Balaban J connectivity index is 1.52. The lowest BCUT2D eigenvalue weighted by Gasteiger charge is -2.31. The Bertz CT molecular complexity index is 787. The molecule has 0 aromatic heterocycles. The van der Waals surface area contributed by atoms with Crippen LogP contribution in [-0.2, 0) is 16.0 Å². The van der Waals surface area contributed by atoms with Gasteiger partial charge < -0.3 is 16.0 Å². The SMILES string of the molecule is Nc1ccc(NC(=O)C(=O)N2CCC(Cc3ccccc3)CC2)c(Cl)c1. The van der Waals surface area contributed by atoms with Crippen molar-refractivity contribution in [2.75, 3.05) is 24.1 Å². The summed E-state index contributed by atoms with van der Waals surface area (Å²) in [6, 6.07) is 15.1. The minimum atomic E-state index is -0.668. The van der Waals surface area contributed by atoms with Crippen molar-refractivity contribution in [2.24, 2.45) is 5.92 Å². The first-order chi connectivity index (χ1) is 12.5. The van der Waals surface area contributed by atoms with Gasteiger partial charge in [0.2, 0.25) is 0 Å². The summed E-state index contributed by atoms with van der Waals surface area (Å²) in [5, 5.41) is 2.88. The van der Waals surface area contributed by atoms with Gasteiger partial charge in [0.05, 0.1) is 10.7 Å². The summed E-state index contributed by atoms with van der Waals surface area (Å²) in [5.74, 6) is -0.648. The van der Waals surface area contributed by atoms with Crippen LogP contribution in [0.25, 0.3) is 0 Å². The van der Waals surface area contributed by atoms with Crippen LogP contribution in [0, 0.1) is 5.92 Å². The largest absolute Gasteiger partial charge is 0.399 e. The molecule has 26 heavy (non-hydrogen) atoms. The molecular weight excluding hydrogens is 350 g/mol. The minimum absolute atomic E-state index is 0.313. The molecule has 3 N–H and O–H groups in total. The van der Waals surface area contributed by atoms with Gasteiger partial charge in [-0.2, -0.15) is 0 Å². The van der Waals surface area contributed by atoms with E-state index < -0.39 is 11.8 Å². The number of carbonyl (C=O) groups is 2. The third-order valence-corrected chi connectivity index (χ3v) is 5.02. The first-order valence-corrected chi connectivity index (χ1v) is 9.10. The molecule has 1 heterocycles. The predicted octanol–water partition coefficient (Wildman–Crippen LogP) is 3.34. The summed E-state index contributed by atoms with van der Waals surface area (Å²) in [7, 11) is 0. The number of nitrogens with one attached hydrogen (secondary N) is 1. The third-order valence-electron chi connectivity index (χ3n) is 4.70. The first-order valence-electron chi connectivity index (χ1n) is 8.72. The van der Waals surface area contributed by atoms with Crippen LogP contribution in [0.1, 0.15) is 18.4 Å². The molecule has 2 aromatic carbocycles. The van der Waals surface area contributed by atoms with Crippen LogP contribution < -0.4 is 11.1 Å². The van der Waals surface area contributed by atoms with Crippen LogP contribution in [0.4, 0.5) is 11.4 Å². The van der Waals surface area contributed by atoms with Crippen molar-refractivity contribution >= 4 is 34.8 Å². The lowest BCUT2D eigenvalue weighted by molar-refractivity contribution is -0.144. The first kappa shape index (κ1) is 18.3. The maximum absolute atomic E-state index is 12.4. The second-order valence-corrected chi connectivity index (χ2v) is 7.03. The Morgan fingerprint density at radius 2 is 1.81 bits per heavy atom. The lowest BCUT2D eigenvalue weighted by atomic mass is 9.90. The van der Waals surface area contributed by atoms with Crippen molar-refractivity contribution in [1.82, 2.24) is 4.90 Å². The van der Waals surface area contributed by atoms with Crippen molar-refractivity contribution in [3.63, 3.8) is 0 Å². The van der Waals surface area contributed by atoms with Crippen LogP contribution in [-0.4, -0.2) is 29.8 Å². The second-order valence-electron chi connectivity index (χ2n) is 6.62. The molecule has 1 fully saturated rings. The molecule has 3 rings (SSSR count). The smallest absolute Gasteiger partial charge is 0.313 e. The molecule has 136 valence electrons. The normalized spacial score (nSPS) is 14.9. The van der Waals surface area contributed by atoms with Crippen molar-refractivity contribution in [3.05, 3.63) is 59.1 Å². The number of rotatable bonds is 3. The molecule has 6 heteroatoms. The van der Waals surface area contributed by atoms with E-state index in [1.165, 1.54) is 11.6 Å². The number of halogens is 1. The number of hydrogen-bond acceptors (Lipinski definition) is 3. The van der Waals surface area contributed by atoms with Gasteiger partial charge in [-0.05, 0) is 48.9 Å². The summed E-state index contributed by atoms with van der Waals surface area (Å²) in [4.78, 5) is 26.2. The van der Waals surface area contributed by atoms with E-state index in [1.807, 2.05) is 18.2 Å². The quantitative estimate of drug-likeness (QED) is 0.641. The van der Waals surface area contributed by atoms with E-state index in [0.29, 0.717) is 35.4 Å². The molecule has 0 atom stereocenters. The number of nitrogens with zero attached hydrogens (tertiary/aromatic N) is 1. The van der Waals surface area contributed by atoms with Gasteiger partial charge in [-0.15, -0.1) is 0 Å². The molecule has 2 aromatic rings. The van der Waals surface area contributed by atoms with E-state index >= 15 is 0 Å². The lowest BCUT2D eigenvalue weighted by Crippen LogP contribution is -2.44. The van der Waals surface area contributed by atoms with Gasteiger partial charge in [0.25, 0.3) is 0 Å². The highest BCUT2D eigenvalue weighted by atomic mass is 35.5. The van der Waals surface area contributed by atoms with Gasteiger partial charge in [0, 0.05) is 18.8 Å². The molecule has 0 bridgehead atoms. The van der Waals surface area contributed by atoms with Gasteiger partial charge in [-0.25, -0.2) is 0 Å². The summed E-state index contributed by atoms with van der Waals surface area (Å²) < 4.78 is 0. The molecule has 2 amide bonds. The third kappa shape index (κ3) is 4.55. The van der Waals surface area contributed by atoms with Crippen LogP contribution >= 0.6 is 11.6 Å². The molecule has 0 spiro atoms. The highest BCUT2D eigenvalue weighted by Gasteiger charge is 2.27. The van der Waals surface area contributed by atoms with Crippen LogP contribution in [0.5, 0.6) is 0 Å².